The van der Waals surface area contributed by atoms with Crippen molar-refractivity contribution < 1.29 is 9.53 Å². The second-order valence-electron chi connectivity index (χ2n) is 7.22. The Balaban J connectivity index is 1.68. The van der Waals surface area contributed by atoms with E-state index in [1.54, 1.807) is 4.90 Å². The lowest BCUT2D eigenvalue weighted by atomic mass is 10.2. The Hall–Kier alpha value is -3.31. The Morgan fingerprint density at radius 2 is 1.77 bits per heavy atom. The maximum Gasteiger partial charge on any atom is 0.267 e. The lowest BCUT2D eigenvalue weighted by molar-refractivity contribution is -0.122. The van der Waals surface area contributed by atoms with E-state index in [1.807, 2.05) is 98.8 Å². The third-order valence-corrected chi connectivity index (χ3v) is 5.80. The van der Waals surface area contributed by atoms with Crippen molar-refractivity contribution in [2.45, 2.75) is 20.4 Å². The van der Waals surface area contributed by atoms with Crippen molar-refractivity contribution >= 4 is 34.6 Å². The molecule has 1 saturated heterocycles. The molecule has 4 rings (SSSR count). The maximum absolute atomic E-state index is 13.3. The quantitative estimate of drug-likeness (QED) is 0.439. The first kappa shape index (κ1) is 20.9. The zero-order valence-electron chi connectivity index (χ0n) is 17.6. The molecule has 0 N–H and O–H groups in total. The van der Waals surface area contributed by atoms with Gasteiger partial charge < -0.3 is 4.74 Å². The third-order valence-electron chi connectivity index (χ3n) is 4.80. The number of carbonyl (C=O) groups is 1. The van der Waals surface area contributed by atoms with E-state index in [2.05, 4.69) is 0 Å². The van der Waals surface area contributed by atoms with Crippen LogP contribution in [0.4, 0.5) is 5.69 Å². The van der Waals surface area contributed by atoms with Gasteiger partial charge in [0.25, 0.3) is 5.91 Å². The summed E-state index contributed by atoms with van der Waals surface area (Å²) in [6.07, 6.45) is 1.91. The zero-order chi connectivity index (χ0) is 21.6. The number of benzene rings is 3. The number of aryl methyl sites for hydroxylation is 1. The maximum atomic E-state index is 13.3. The van der Waals surface area contributed by atoms with Gasteiger partial charge >= 0.3 is 0 Å². The summed E-state index contributed by atoms with van der Waals surface area (Å²) in [6.45, 7) is 5.08. The van der Waals surface area contributed by atoms with Gasteiger partial charge in [0.05, 0.1) is 23.7 Å². The number of hydrogen-bond donors (Lipinski definition) is 0. The van der Waals surface area contributed by atoms with Gasteiger partial charge in [0.1, 0.15) is 5.75 Å². The molecule has 0 aromatic heterocycles. The van der Waals surface area contributed by atoms with Crippen molar-refractivity contribution in [3.63, 3.8) is 0 Å². The van der Waals surface area contributed by atoms with Crippen molar-refractivity contribution in [1.29, 1.82) is 0 Å². The van der Waals surface area contributed by atoms with Gasteiger partial charge in [-0.3, -0.25) is 9.69 Å². The highest BCUT2D eigenvalue weighted by Crippen LogP contribution is 2.35. The van der Waals surface area contributed by atoms with E-state index in [1.165, 1.54) is 17.3 Å². The van der Waals surface area contributed by atoms with Crippen LogP contribution in [0.15, 0.2) is 88.8 Å². The lowest BCUT2D eigenvalue weighted by Gasteiger charge is -2.15. The van der Waals surface area contributed by atoms with Crippen molar-refractivity contribution in [3.8, 4) is 5.75 Å². The average Bonchev–Trinajstić information content (AvgIpc) is 3.05. The molecule has 0 radical (unpaired) electrons. The van der Waals surface area contributed by atoms with Crippen molar-refractivity contribution in [1.82, 2.24) is 4.90 Å². The number of thioether (sulfide) groups is 1. The number of nitrogens with zero attached hydrogens (tertiary/aromatic N) is 2. The van der Waals surface area contributed by atoms with E-state index >= 15 is 0 Å². The Kier molecular flexibility index (Phi) is 6.53. The van der Waals surface area contributed by atoms with Gasteiger partial charge in [0.2, 0.25) is 0 Å². The number of rotatable bonds is 6. The summed E-state index contributed by atoms with van der Waals surface area (Å²) in [5.74, 6) is 0.753. The number of amidine groups is 1. The molecule has 0 aliphatic carbocycles. The number of aliphatic imine (C=N–C) groups is 1. The molecular weight excluding hydrogens is 404 g/mol. The SMILES string of the molecule is CCOc1cccc(/C=C2/SC(=Nc3ccc(C)cc3)N(Cc3ccccc3)C2=O)c1. The Bertz CT molecular complexity index is 1120. The summed E-state index contributed by atoms with van der Waals surface area (Å²) in [6, 6.07) is 25.8. The summed E-state index contributed by atoms with van der Waals surface area (Å²) >= 11 is 1.41. The summed E-state index contributed by atoms with van der Waals surface area (Å²) in [5, 5.41) is 0.685. The molecule has 1 heterocycles. The summed E-state index contributed by atoms with van der Waals surface area (Å²) in [7, 11) is 0. The van der Waals surface area contributed by atoms with E-state index in [4.69, 9.17) is 9.73 Å². The van der Waals surface area contributed by atoms with Crippen LogP contribution in [0.1, 0.15) is 23.6 Å². The van der Waals surface area contributed by atoms with Crippen LogP contribution in [0.5, 0.6) is 5.75 Å². The minimum atomic E-state index is -0.0403. The molecule has 3 aromatic carbocycles. The molecule has 31 heavy (non-hydrogen) atoms. The summed E-state index contributed by atoms with van der Waals surface area (Å²) < 4.78 is 5.59. The molecule has 1 aliphatic heterocycles. The summed E-state index contributed by atoms with van der Waals surface area (Å²) in [4.78, 5) is 20.5. The first-order valence-corrected chi connectivity index (χ1v) is 11.1. The highest BCUT2D eigenvalue weighted by molar-refractivity contribution is 8.18. The van der Waals surface area contributed by atoms with Crippen LogP contribution in [0.3, 0.4) is 0 Å². The van der Waals surface area contributed by atoms with Crippen molar-refractivity contribution in [2.24, 2.45) is 4.99 Å². The molecule has 0 unspecified atom stereocenters. The predicted octanol–water partition coefficient (Wildman–Crippen LogP) is 6.20. The standard InChI is InChI=1S/C26H24N2O2S/c1-3-30-23-11-7-10-21(16-23)17-24-25(29)28(18-20-8-5-4-6-9-20)26(31-24)27-22-14-12-19(2)13-15-22/h4-17H,3,18H2,1-2H3/b24-17+,27-26?. The molecule has 0 spiro atoms. The van der Waals surface area contributed by atoms with Crippen LogP contribution in [0.2, 0.25) is 0 Å². The molecular formula is C26H24N2O2S. The Morgan fingerprint density at radius 3 is 2.52 bits per heavy atom. The molecule has 0 saturated carbocycles. The minimum Gasteiger partial charge on any atom is -0.494 e. The molecule has 3 aromatic rings. The molecule has 1 amide bonds. The van der Waals surface area contributed by atoms with Crippen LogP contribution in [-0.2, 0) is 11.3 Å². The van der Waals surface area contributed by atoms with Gasteiger partial charge in [-0.1, -0.05) is 60.2 Å². The normalized spacial score (nSPS) is 16.3. The molecule has 0 bridgehead atoms. The molecule has 156 valence electrons. The third kappa shape index (κ3) is 5.25. The summed E-state index contributed by atoms with van der Waals surface area (Å²) in [5.41, 5.74) is 4.00. The molecule has 1 aliphatic rings. The zero-order valence-corrected chi connectivity index (χ0v) is 18.4. The largest absolute Gasteiger partial charge is 0.494 e. The van der Waals surface area contributed by atoms with E-state index < -0.39 is 0 Å². The van der Waals surface area contributed by atoms with Gasteiger partial charge in [0, 0.05) is 0 Å². The van der Waals surface area contributed by atoms with Gasteiger partial charge in [-0.15, -0.1) is 0 Å². The second kappa shape index (κ2) is 9.67. The van der Waals surface area contributed by atoms with Crippen molar-refractivity contribution in [3.05, 3.63) is 100 Å². The average molecular weight is 429 g/mol. The first-order valence-electron chi connectivity index (χ1n) is 10.3. The molecule has 0 atom stereocenters. The van der Waals surface area contributed by atoms with Gasteiger partial charge in [-0.25, -0.2) is 4.99 Å². The number of amides is 1. The fraction of sp³-hybridized carbons (Fsp3) is 0.154. The lowest BCUT2D eigenvalue weighted by Crippen LogP contribution is -2.28. The number of hydrogen-bond acceptors (Lipinski definition) is 4. The van der Waals surface area contributed by atoms with Gasteiger partial charge in [-0.05, 0) is 67.1 Å². The first-order chi connectivity index (χ1) is 15.1. The van der Waals surface area contributed by atoms with Crippen LogP contribution < -0.4 is 4.74 Å². The van der Waals surface area contributed by atoms with Crippen LogP contribution >= 0.6 is 11.8 Å². The van der Waals surface area contributed by atoms with E-state index in [0.29, 0.717) is 23.2 Å². The van der Waals surface area contributed by atoms with E-state index in [0.717, 1.165) is 22.6 Å². The predicted molar refractivity (Wildman–Crippen MR) is 128 cm³/mol. The van der Waals surface area contributed by atoms with Gasteiger partial charge in [0.15, 0.2) is 5.17 Å². The molecule has 1 fully saturated rings. The number of carbonyl (C=O) groups excluding carboxylic acids is 1. The molecule has 4 nitrogen and oxygen atoms in total. The van der Waals surface area contributed by atoms with Gasteiger partial charge in [-0.2, -0.15) is 0 Å². The smallest absolute Gasteiger partial charge is 0.267 e. The van der Waals surface area contributed by atoms with Crippen LogP contribution in [0, 0.1) is 6.92 Å². The second-order valence-corrected chi connectivity index (χ2v) is 8.23. The fourth-order valence-electron chi connectivity index (χ4n) is 3.24. The highest BCUT2D eigenvalue weighted by Gasteiger charge is 2.33. The van der Waals surface area contributed by atoms with E-state index in [9.17, 15) is 4.79 Å². The van der Waals surface area contributed by atoms with E-state index in [-0.39, 0.29) is 5.91 Å². The van der Waals surface area contributed by atoms with Crippen LogP contribution in [0.25, 0.3) is 6.08 Å². The monoisotopic (exact) mass is 428 g/mol. The highest BCUT2D eigenvalue weighted by atomic mass is 32.2. The Labute approximate surface area is 187 Å². The van der Waals surface area contributed by atoms with Crippen LogP contribution in [-0.4, -0.2) is 22.6 Å². The fourth-order valence-corrected chi connectivity index (χ4v) is 4.24. The molecule has 5 heteroatoms. The van der Waals surface area contributed by atoms with Crippen molar-refractivity contribution in [2.75, 3.05) is 6.61 Å². The minimum absolute atomic E-state index is 0.0403. The topological polar surface area (TPSA) is 41.9 Å². The number of ether oxygens (including phenoxy) is 1. The Morgan fingerprint density at radius 1 is 1.00 bits per heavy atom.